The first-order valence-corrected chi connectivity index (χ1v) is 9.52. The van der Waals surface area contributed by atoms with E-state index in [1.807, 2.05) is 55.5 Å². The Hall–Kier alpha value is -2.53. The van der Waals surface area contributed by atoms with Crippen molar-refractivity contribution in [3.05, 3.63) is 59.7 Å². The van der Waals surface area contributed by atoms with Crippen molar-refractivity contribution in [1.29, 1.82) is 0 Å². The maximum Gasteiger partial charge on any atom is 0.258 e. The zero-order valence-corrected chi connectivity index (χ0v) is 16.5. The van der Waals surface area contributed by atoms with Gasteiger partial charge in [-0.2, -0.15) is 0 Å². The van der Waals surface area contributed by atoms with Crippen LogP contribution in [-0.2, 0) is 11.3 Å². The number of carbonyl (C=O) groups is 1. The third kappa shape index (κ3) is 6.94. The van der Waals surface area contributed by atoms with Crippen LogP contribution in [0.1, 0.15) is 25.0 Å². The molecule has 0 aliphatic heterocycles. The second-order valence-corrected chi connectivity index (χ2v) is 6.31. The minimum absolute atomic E-state index is 0.00413. The molecule has 5 nitrogen and oxygen atoms in total. The molecule has 1 amide bonds. The summed E-state index contributed by atoms with van der Waals surface area (Å²) in [6.07, 6.45) is 0. The molecule has 0 aromatic heterocycles. The number of hydrogen-bond donors (Lipinski definition) is 1. The lowest BCUT2D eigenvalue weighted by atomic mass is 10.2. The Bertz CT molecular complexity index is 714. The number of nitrogens with zero attached hydrogens (tertiary/aromatic N) is 1. The van der Waals surface area contributed by atoms with Crippen LogP contribution in [0, 0.1) is 6.92 Å². The van der Waals surface area contributed by atoms with Crippen LogP contribution in [0.2, 0.25) is 0 Å². The molecule has 0 fully saturated rings. The number of amides is 1. The molecular weight excluding hydrogens is 340 g/mol. The predicted molar refractivity (Wildman–Crippen MR) is 108 cm³/mol. The Morgan fingerprint density at radius 3 is 2.33 bits per heavy atom. The molecule has 5 heteroatoms. The highest BCUT2D eigenvalue weighted by molar-refractivity contribution is 5.77. The van der Waals surface area contributed by atoms with Crippen molar-refractivity contribution in [2.75, 3.05) is 32.8 Å². The van der Waals surface area contributed by atoms with Crippen LogP contribution in [-0.4, -0.2) is 43.7 Å². The molecule has 2 aromatic carbocycles. The van der Waals surface area contributed by atoms with Gasteiger partial charge in [0.05, 0.1) is 0 Å². The molecule has 1 N–H and O–H groups in total. The van der Waals surface area contributed by atoms with Crippen molar-refractivity contribution >= 4 is 5.91 Å². The lowest BCUT2D eigenvalue weighted by molar-refractivity contribution is -0.123. The SMILES string of the molecule is CCN(CC)CCOc1ccccc1CNC(=O)COc1ccccc1C. The van der Waals surface area contributed by atoms with Crippen LogP contribution in [0.3, 0.4) is 0 Å². The van der Waals surface area contributed by atoms with Crippen LogP contribution < -0.4 is 14.8 Å². The fraction of sp³-hybridized carbons (Fsp3) is 0.409. The summed E-state index contributed by atoms with van der Waals surface area (Å²) in [6.45, 7) is 10.2. The number of carbonyl (C=O) groups excluding carboxylic acids is 1. The smallest absolute Gasteiger partial charge is 0.258 e. The monoisotopic (exact) mass is 370 g/mol. The largest absolute Gasteiger partial charge is 0.492 e. The first kappa shape index (κ1) is 20.8. The third-order valence-electron chi connectivity index (χ3n) is 4.46. The summed E-state index contributed by atoms with van der Waals surface area (Å²) in [5, 5.41) is 2.90. The van der Waals surface area contributed by atoms with E-state index in [0.717, 1.165) is 42.3 Å². The second-order valence-electron chi connectivity index (χ2n) is 6.31. The number of para-hydroxylation sites is 2. The van der Waals surface area contributed by atoms with Crippen LogP contribution in [0.4, 0.5) is 0 Å². The highest BCUT2D eigenvalue weighted by Crippen LogP contribution is 2.18. The van der Waals surface area contributed by atoms with E-state index < -0.39 is 0 Å². The average molecular weight is 370 g/mol. The zero-order valence-electron chi connectivity index (χ0n) is 16.5. The first-order valence-electron chi connectivity index (χ1n) is 9.52. The molecule has 0 spiro atoms. The van der Waals surface area contributed by atoms with Gasteiger partial charge in [0.1, 0.15) is 18.1 Å². The molecule has 0 saturated heterocycles. The van der Waals surface area contributed by atoms with Crippen molar-refractivity contribution < 1.29 is 14.3 Å². The van der Waals surface area contributed by atoms with Gasteiger partial charge in [0.25, 0.3) is 5.91 Å². The molecule has 27 heavy (non-hydrogen) atoms. The minimum Gasteiger partial charge on any atom is -0.492 e. The standard InChI is InChI=1S/C22H30N2O3/c1-4-24(5-2)14-15-26-21-13-9-7-11-19(21)16-23-22(25)17-27-20-12-8-6-10-18(20)3/h6-13H,4-5,14-17H2,1-3H3,(H,23,25). The number of nitrogens with one attached hydrogen (secondary N) is 1. The van der Waals surface area contributed by atoms with Gasteiger partial charge in [0.15, 0.2) is 6.61 Å². The fourth-order valence-corrected chi connectivity index (χ4v) is 2.72. The Morgan fingerprint density at radius 2 is 1.63 bits per heavy atom. The summed E-state index contributed by atoms with van der Waals surface area (Å²) in [7, 11) is 0. The molecule has 0 unspecified atom stereocenters. The van der Waals surface area contributed by atoms with Crippen LogP contribution >= 0.6 is 0 Å². The highest BCUT2D eigenvalue weighted by Gasteiger charge is 2.08. The van der Waals surface area contributed by atoms with Crippen molar-refractivity contribution in [2.45, 2.75) is 27.3 Å². The normalized spacial score (nSPS) is 10.7. The Morgan fingerprint density at radius 1 is 0.963 bits per heavy atom. The lowest BCUT2D eigenvalue weighted by Crippen LogP contribution is -2.29. The molecule has 2 rings (SSSR count). The summed E-state index contributed by atoms with van der Waals surface area (Å²) >= 11 is 0. The van der Waals surface area contributed by atoms with Crippen molar-refractivity contribution in [3.8, 4) is 11.5 Å². The molecular formula is C22H30N2O3. The number of rotatable bonds is 11. The van der Waals surface area contributed by atoms with E-state index in [1.165, 1.54) is 0 Å². The quantitative estimate of drug-likeness (QED) is 0.659. The number of benzene rings is 2. The van der Waals surface area contributed by atoms with Gasteiger partial charge in [-0.05, 0) is 37.7 Å². The van der Waals surface area contributed by atoms with E-state index in [-0.39, 0.29) is 12.5 Å². The van der Waals surface area contributed by atoms with Gasteiger partial charge in [-0.3, -0.25) is 4.79 Å². The van der Waals surface area contributed by atoms with Crippen LogP contribution in [0.5, 0.6) is 11.5 Å². The third-order valence-corrected chi connectivity index (χ3v) is 4.46. The van der Waals surface area contributed by atoms with Gasteiger partial charge < -0.3 is 19.7 Å². The predicted octanol–water partition coefficient (Wildman–Crippen LogP) is 3.41. The Labute approximate surface area is 162 Å². The van der Waals surface area contributed by atoms with E-state index in [0.29, 0.717) is 13.2 Å². The Kier molecular flexibility index (Phi) is 8.65. The van der Waals surface area contributed by atoms with Gasteiger partial charge in [0, 0.05) is 18.7 Å². The van der Waals surface area contributed by atoms with Crippen molar-refractivity contribution in [2.24, 2.45) is 0 Å². The Balaban J connectivity index is 1.81. The molecule has 2 aromatic rings. The molecule has 0 bridgehead atoms. The van der Waals surface area contributed by atoms with E-state index in [9.17, 15) is 4.79 Å². The summed E-state index contributed by atoms with van der Waals surface area (Å²) < 4.78 is 11.5. The fourth-order valence-electron chi connectivity index (χ4n) is 2.72. The molecule has 0 atom stereocenters. The molecule has 0 radical (unpaired) electrons. The van der Waals surface area contributed by atoms with Gasteiger partial charge in [0.2, 0.25) is 0 Å². The molecule has 146 valence electrons. The average Bonchev–Trinajstić information content (AvgIpc) is 2.70. The zero-order chi connectivity index (χ0) is 19.5. The van der Waals surface area contributed by atoms with Crippen LogP contribution in [0.25, 0.3) is 0 Å². The van der Waals surface area contributed by atoms with E-state index in [4.69, 9.17) is 9.47 Å². The number of hydrogen-bond acceptors (Lipinski definition) is 4. The number of likely N-dealkylation sites (N-methyl/N-ethyl adjacent to an activating group) is 1. The van der Waals surface area contributed by atoms with Gasteiger partial charge in [-0.25, -0.2) is 0 Å². The molecule has 0 saturated carbocycles. The van der Waals surface area contributed by atoms with E-state index >= 15 is 0 Å². The van der Waals surface area contributed by atoms with Gasteiger partial charge >= 0.3 is 0 Å². The highest BCUT2D eigenvalue weighted by atomic mass is 16.5. The molecule has 0 heterocycles. The first-order chi connectivity index (χ1) is 13.1. The summed E-state index contributed by atoms with van der Waals surface area (Å²) in [4.78, 5) is 14.4. The summed E-state index contributed by atoms with van der Waals surface area (Å²) in [6, 6.07) is 15.5. The second kappa shape index (κ2) is 11.2. The van der Waals surface area contributed by atoms with Crippen LogP contribution in [0.15, 0.2) is 48.5 Å². The molecule has 0 aliphatic carbocycles. The topological polar surface area (TPSA) is 50.8 Å². The number of ether oxygens (including phenoxy) is 2. The maximum atomic E-state index is 12.1. The van der Waals surface area contributed by atoms with E-state index in [1.54, 1.807) is 0 Å². The summed E-state index contributed by atoms with van der Waals surface area (Å²) in [5.74, 6) is 1.38. The molecule has 0 aliphatic rings. The van der Waals surface area contributed by atoms with Gasteiger partial charge in [-0.15, -0.1) is 0 Å². The van der Waals surface area contributed by atoms with Crippen molar-refractivity contribution in [3.63, 3.8) is 0 Å². The van der Waals surface area contributed by atoms with E-state index in [2.05, 4.69) is 24.1 Å². The number of aryl methyl sites for hydroxylation is 1. The maximum absolute atomic E-state index is 12.1. The lowest BCUT2D eigenvalue weighted by Gasteiger charge is -2.19. The van der Waals surface area contributed by atoms with Crippen molar-refractivity contribution in [1.82, 2.24) is 10.2 Å². The van der Waals surface area contributed by atoms with Gasteiger partial charge in [-0.1, -0.05) is 50.2 Å². The summed E-state index contributed by atoms with van der Waals surface area (Å²) in [5.41, 5.74) is 1.97. The minimum atomic E-state index is -0.156.